The molecule has 232 valence electrons. The molecule has 0 aliphatic carbocycles. The SMILES string of the molecule is CCC(C)(C)C(=O)OCC(C)C(c1ccc(OC(=O)OC(C)C(C)C)c(OC(=O)OC(C)C(C)C)c1)[C@H](N)C(=O)O. The minimum Gasteiger partial charge on any atom is -0.480 e. The van der Waals surface area contributed by atoms with Crippen LogP contribution >= 0.6 is 0 Å². The Labute approximate surface area is 243 Å². The predicted octanol–water partition coefficient (Wildman–Crippen LogP) is 5.92. The number of hydrogen-bond acceptors (Lipinski definition) is 10. The molecule has 0 radical (unpaired) electrons. The van der Waals surface area contributed by atoms with Crippen LogP contribution in [0.4, 0.5) is 9.59 Å². The van der Waals surface area contributed by atoms with Crippen molar-refractivity contribution < 1.29 is 48.0 Å². The number of benzene rings is 1. The highest BCUT2D eigenvalue weighted by Gasteiger charge is 2.34. The van der Waals surface area contributed by atoms with E-state index in [4.69, 9.17) is 29.4 Å². The van der Waals surface area contributed by atoms with E-state index >= 15 is 0 Å². The Hall–Kier alpha value is -3.34. The van der Waals surface area contributed by atoms with Crippen molar-refractivity contribution in [1.82, 2.24) is 0 Å². The zero-order valence-corrected chi connectivity index (χ0v) is 25.9. The predicted molar refractivity (Wildman–Crippen MR) is 152 cm³/mol. The summed E-state index contributed by atoms with van der Waals surface area (Å²) in [7, 11) is 0. The lowest BCUT2D eigenvalue weighted by Crippen LogP contribution is -2.41. The smallest absolute Gasteiger partial charge is 0.480 e. The van der Waals surface area contributed by atoms with E-state index in [1.165, 1.54) is 18.2 Å². The molecule has 5 atom stereocenters. The van der Waals surface area contributed by atoms with Gasteiger partial charge in [0.15, 0.2) is 11.5 Å². The van der Waals surface area contributed by atoms with Gasteiger partial charge in [-0.25, -0.2) is 9.59 Å². The third-order valence-corrected chi connectivity index (χ3v) is 7.38. The van der Waals surface area contributed by atoms with Gasteiger partial charge < -0.3 is 34.5 Å². The lowest BCUT2D eigenvalue weighted by atomic mass is 9.81. The summed E-state index contributed by atoms with van der Waals surface area (Å²) < 4.78 is 26.8. The molecule has 0 saturated carbocycles. The van der Waals surface area contributed by atoms with Crippen molar-refractivity contribution in [1.29, 1.82) is 0 Å². The average Bonchev–Trinajstić information content (AvgIpc) is 2.88. The Morgan fingerprint density at radius 2 is 1.34 bits per heavy atom. The second kappa shape index (κ2) is 15.6. The van der Waals surface area contributed by atoms with Crippen LogP contribution in [0, 0.1) is 23.2 Å². The van der Waals surface area contributed by atoms with Gasteiger partial charge in [0.25, 0.3) is 0 Å². The summed E-state index contributed by atoms with van der Waals surface area (Å²) in [6.45, 7) is 17.9. The maximum Gasteiger partial charge on any atom is 0.514 e. The first kappa shape index (κ1) is 35.7. The zero-order chi connectivity index (χ0) is 31.7. The molecule has 0 aliphatic rings. The van der Waals surface area contributed by atoms with Crippen LogP contribution in [0.25, 0.3) is 0 Å². The third-order valence-electron chi connectivity index (χ3n) is 7.38. The van der Waals surface area contributed by atoms with Crippen LogP contribution in [-0.4, -0.2) is 54.2 Å². The molecule has 3 N–H and O–H groups in total. The molecule has 0 spiro atoms. The Morgan fingerprint density at radius 3 is 1.78 bits per heavy atom. The topological polar surface area (TPSA) is 161 Å². The summed E-state index contributed by atoms with van der Waals surface area (Å²) in [5, 5.41) is 9.75. The summed E-state index contributed by atoms with van der Waals surface area (Å²) >= 11 is 0. The molecule has 41 heavy (non-hydrogen) atoms. The Morgan fingerprint density at radius 1 is 0.854 bits per heavy atom. The van der Waals surface area contributed by atoms with E-state index in [1.54, 1.807) is 34.6 Å². The minimum atomic E-state index is -1.40. The first-order chi connectivity index (χ1) is 18.9. The number of carboxylic acids is 1. The second-order valence-electron chi connectivity index (χ2n) is 11.7. The van der Waals surface area contributed by atoms with Crippen molar-refractivity contribution >= 4 is 24.2 Å². The molecule has 0 heterocycles. The van der Waals surface area contributed by atoms with Crippen LogP contribution in [0.5, 0.6) is 11.5 Å². The van der Waals surface area contributed by atoms with E-state index in [-0.39, 0.29) is 29.9 Å². The van der Waals surface area contributed by atoms with Crippen LogP contribution in [0.2, 0.25) is 0 Å². The van der Waals surface area contributed by atoms with E-state index in [9.17, 15) is 24.3 Å². The second-order valence-corrected chi connectivity index (χ2v) is 11.7. The average molecular weight is 582 g/mol. The van der Waals surface area contributed by atoms with E-state index < -0.39 is 59.7 Å². The highest BCUT2D eigenvalue weighted by Crippen LogP contribution is 2.36. The number of ether oxygens (including phenoxy) is 5. The third kappa shape index (κ3) is 10.9. The number of aliphatic carboxylic acids is 1. The lowest BCUT2D eigenvalue weighted by Gasteiger charge is -2.29. The number of nitrogens with two attached hydrogens (primary N) is 1. The fourth-order valence-electron chi connectivity index (χ4n) is 3.39. The molecule has 0 bridgehead atoms. The van der Waals surface area contributed by atoms with Gasteiger partial charge in [0.1, 0.15) is 18.2 Å². The summed E-state index contributed by atoms with van der Waals surface area (Å²) in [5.41, 5.74) is 5.73. The Balaban J connectivity index is 3.44. The van der Waals surface area contributed by atoms with Gasteiger partial charge in [-0.2, -0.15) is 0 Å². The van der Waals surface area contributed by atoms with Crippen LogP contribution in [0.3, 0.4) is 0 Å². The molecule has 0 amide bonds. The van der Waals surface area contributed by atoms with Crippen molar-refractivity contribution in [3.05, 3.63) is 23.8 Å². The summed E-state index contributed by atoms with van der Waals surface area (Å²) in [5.74, 6) is -3.42. The standard InChI is InChI=1S/C30H47NO10/c1-11-30(9,10)27(34)37-15-18(6)24(25(31)26(32)33)21-12-13-22(40-28(35)38-19(7)16(2)3)23(14-21)41-29(36)39-20(8)17(4)5/h12-14,16-20,24-25H,11,15,31H2,1-10H3,(H,32,33)/t18?,19?,20?,24?,25-/m0/s1. The monoisotopic (exact) mass is 581 g/mol. The molecule has 11 heteroatoms. The summed E-state index contributed by atoms with van der Waals surface area (Å²) in [6, 6.07) is 2.82. The van der Waals surface area contributed by atoms with Gasteiger partial charge in [0, 0.05) is 5.92 Å². The van der Waals surface area contributed by atoms with E-state index in [1.807, 2.05) is 34.6 Å². The highest BCUT2D eigenvalue weighted by atomic mass is 16.7. The fraction of sp³-hybridized carbons (Fsp3) is 0.667. The molecule has 4 unspecified atom stereocenters. The molecular weight excluding hydrogens is 534 g/mol. The number of carboxylic acid groups (broad SMARTS) is 1. The van der Waals surface area contributed by atoms with Gasteiger partial charge >= 0.3 is 24.2 Å². The zero-order valence-electron chi connectivity index (χ0n) is 25.9. The quantitative estimate of drug-likeness (QED) is 0.152. The molecule has 11 nitrogen and oxygen atoms in total. The molecular formula is C30H47NO10. The largest absolute Gasteiger partial charge is 0.514 e. The number of carbonyl (C=O) groups is 4. The summed E-state index contributed by atoms with van der Waals surface area (Å²) in [6.07, 6.45) is -2.40. The number of rotatable bonds is 14. The molecule has 0 aromatic heterocycles. The van der Waals surface area contributed by atoms with Crippen molar-refractivity contribution in [2.45, 2.75) is 99.8 Å². The minimum absolute atomic E-state index is 0.0105. The normalized spacial score (nSPS) is 15.3. The van der Waals surface area contributed by atoms with Crippen molar-refractivity contribution in [2.24, 2.45) is 28.9 Å². The number of hydrogen-bond donors (Lipinski definition) is 2. The van der Waals surface area contributed by atoms with Crippen molar-refractivity contribution in [3.8, 4) is 11.5 Å². The van der Waals surface area contributed by atoms with Gasteiger partial charge in [0.2, 0.25) is 0 Å². The van der Waals surface area contributed by atoms with Crippen LogP contribution in [0.15, 0.2) is 18.2 Å². The fourth-order valence-corrected chi connectivity index (χ4v) is 3.39. The molecule has 1 aromatic rings. The first-order valence-electron chi connectivity index (χ1n) is 14.0. The molecule has 0 saturated heterocycles. The van der Waals surface area contributed by atoms with E-state index in [0.717, 1.165) is 0 Å². The molecule has 0 aliphatic heterocycles. The maximum atomic E-state index is 12.6. The van der Waals surface area contributed by atoms with Gasteiger partial charge in [-0.3, -0.25) is 9.59 Å². The lowest BCUT2D eigenvalue weighted by molar-refractivity contribution is -0.155. The maximum absolute atomic E-state index is 12.6. The Kier molecular flexibility index (Phi) is 13.6. The molecule has 1 rings (SSSR count). The van der Waals surface area contributed by atoms with E-state index in [0.29, 0.717) is 12.0 Å². The van der Waals surface area contributed by atoms with Gasteiger partial charge in [-0.1, -0.05) is 47.6 Å². The van der Waals surface area contributed by atoms with Crippen LogP contribution in [0.1, 0.15) is 87.1 Å². The van der Waals surface area contributed by atoms with E-state index in [2.05, 4.69) is 0 Å². The van der Waals surface area contributed by atoms with Crippen molar-refractivity contribution in [3.63, 3.8) is 0 Å². The summed E-state index contributed by atoms with van der Waals surface area (Å²) in [4.78, 5) is 49.5. The van der Waals surface area contributed by atoms with Crippen molar-refractivity contribution in [2.75, 3.05) is 6.61 Å². The highest BCUT2D eigenvalue weighted by molar-refractivity contribution is 5.76. The Bertz CT molecular complexity index is 1050. The van der Waals surface area contributed by atoms with Gasteiger partial charge in [-0.15, -0.1) is 0 Å². The van der Waals surface area contributed by atoms with Gasteiger partial charge in [-0.05, 0) is 69.6 Å². The first-order valence-corrected chi connectivity index (χ1v) is 14.0. The van der Waals surface area contributed by atoms with Crippen LogP contribution < -0.4 is 15.2 Å². The number of carbonyl (C=O) groups excluding carboxylic acids is 3. The van der Waals surface area contributed by atoms with Crippen LogP contribution in [-0.2, 0) is 23.8 Å². The number of esters is 1. The molecule has 1 aromatic carbocycles. The molecule has 0 fully saturated rings. The van der Waals surface area contributed by atoms with Gasteiger partial charge in [0.05, 0.1) is 12.0 Å².